The molecule has 2 heterocycles. The van der Waals surface area contributed by atoms with Gasteiger partial charge in [-0.2, -0.15) is 5.26 Å². The largest absolute Gasteiger partial charge is 0.337 e. The van der Waals surface area contributed by atoms with Crippen molar-refractivity contribution in [1.82, 2.24) is 14.9 Å². The average molecular weight is 465 g/mol. The first-order valence-corrected chi connectivity index (χ1v) is 12.8. The van der Waals surface area contributed by atoms with Crippen LogP contribution in [0.2, 0.25) is 0 Å². The van der Waals surface area contributed by atoms with Gasteiger partial charge >= 0.3 is 0 Å². The van der Waals surface area contributed by atoms with Gasteiger partial charge in [-0.1, -0.05) is 29.5 Å². The smallest absolute Gasteiger partial charge is 0.267 e. The van der Waals surface area contributed by atoms with E-state index in [1.807, 2.05) is 31.2 Å². The monoisotopic (exact) mass is 464 g/mol. The highest BCUT2D eigenvalue weighted by molar-refractivity contribution is 7.99. The first-order chi connectivity index (χ1) is 15.5. The summed E-state index contributed by atoms with van der Waals surface area (Å²) in [6.07, 6.45) is 6.30. The molecule has 0 unspecified atom stereocenters. The Bertz CT molecular complexity index is 1290. The molecule has 0 bridgehead atoms. The van der Waals surface area contributed by atoms with Gasteiger partial charge < -0.3 is 5.32 Å². The second-order valence-corrected chi connectivity index (χ2v) is 10.7. The molecule has 0 atom stereocenters. The van der Waals surface area contributed by atoms with Crippen molar-refractivity contribution in [1.29, 1.82) is 5.26 Å². The summed E-state index contributed by atoms with van der Waals surface area (Å²) in [5.74, 6) is -0.0878. The van der Waals surface area contributed by atoms with E-state index in [-0.39, 0.29) is 17.2 Å². The summed E-state index contributed by atoms with van der Waals surface area (Å²) in [7, 11) is 0. The average Bonchev–Trinajstić information content (AvgIpc) is 3.50. The van der Waals surface area contributed by atoms with Gasteiger partial charge in [0, 0.05) is 4.88 Å². The zero-order chi connectivity index (χ0) is 22.3. The van der Waals surface area contributed by atoms with Crippen molar-refractivity contribution < 1.29 is 4.79 Å². The summed E-state index contributed by atoms with van der Waals surface area (Å²) in [6.45, 7) is 2.01. The van der Waals surface area contributed by atoms with Crippen LogP contribution in [0.4, 0.5) is 0 Å². The van der Waals surface area contributed by atoms with Crippen LogP contribution in [0.1, 0.15) is 48.1 Å². The van der Waals surface area contributed by atoms with Crippen molar-refractivity contribution in [3.05, 3.63) is 50.6 Å². The fourth-order valence-corrected chi connectivity index (χ4v) is 6.83. The Morgan fingerprint density at radius 2 is 2.00 bits per heavy atom. The van der Waals surface area contributed by atoms with Gasteiger partial charge in [0.2, 0.25) is 5.91 Å². The van der Waals surface area contributed by atoms with Gasteiger partial charge in [0.05, 0.1) is 22.9 Å². The lowest BCUT2D eigenvalue weighted by Crippen LogP contribution is -2.45. The summed E-state index contributed by atoms with van der Waals surface area (Å²) >= 11 is 2.86. The van der Waals surface area contributed by atoms with Gasteiger partial charge in [0.1, 0.15) is 10.4 Å². The van der Waals surface area contributed by atoms with Crippen LogP contribution < -0.4 is 10.9 Å². The maximum absolute atomic E-state index is 13.6. The minimum Gasteiger partial charge on any atom is -0.337 e. The molecule has 32 heavy (non-hydrogen) atoms. The molecule has 1 saturated carbocycles. The van der Waals surface area contributed by atoms with E-state index < -0.39 is 5.54 Å². The number of nitrogens with one attached hydrogen (secondary N) is 1. The first-order valence-electron chi connectivity index (χ1n) is 11.0. The Hall–Kier alpha value is -2.63. The normalized spacial score (nSPS) is 16.8. The predicted molar refractivity (Wildman–Crippen MR) is 128 cm³/mol. The van der Waals surface area contributed by atoms with Crippen molar-refractivity contribution in [2.75, 3.05) is 5.75 Å². The SMILES string of the molecule is Cc1ccc(-n2c(SCC(=O)NC3(C#N)CCCC3)nc3sc4c(c3c2=O)CCC4)cc1. The number of hydrogen-bond acceptors (Lipinski definition) is 6. The summed E-state index contributed by atoms with van der Waals surface area (Å²) in [6, 6.07) is 10.1. The number of carbonyl (C=O) groups is 1. The minimum atomic E-state index is -0.750. The molecule has 1 aromatic carbocycles. The van der Waals surface area contributed by atoms with Crippen molar-refractivity contribution in [3.63, 3.8) is 0 Å². The third-order valence-corrected chi connectivity index (χ3v) is 8.51. The fourth-order valence-electron chi connectivity index (χ4n) is 4.72. The molecular formula is C24H24N4O2S2. The molecule has 2 aliphatic carbocycles. The second kappa shape index (κ2) is 8.38. The van der Waals surface area contributed by atoms with Gasteiger partial charge in [-0.15, -0.1) is 11.3 Å². The lowest BCUT2D eigenvalue weighted by Gasteiger charge is -2.22. The van der Waals surface area contributed by atoms with Crippen LogP contribution in [0.5, 0.6) is 0 Å². The number of thioether (sulfide) groups is 1. The topological polar surface area (TPSA) is 87.8 Å². The molecule has 3 aromatic rings. The number of amides is 1. The van der Waals surface area contributed by atoms with Gasteiger partial charge in [-0.3, -0.25) is 14.2 Å². The van der Waals surface area contributed by atoms with Crippen LogP contribution in [0.25, 0.3) is 15.9 Å². The number of aromatic nitrogens is 2. The highest BCUT2D eigenvalue weighted by atomic mass is 32.2. The number of nitriles is 1. The number of hydrogen-bond donors (Lipinski definition) is 1. The van der Waals surface area contributed by atoms with E-state index in [1.54, 1.807) is 15.9 Å². The Kier molecular flexibility index (Phi) is 5.56. The zero-order valence-corrected chi connectivity index (χ0v) is 19.6. The van der Waals surface area contributed by atoms with Crippen molar-refractivity contribution in [2.45, 2.75) is 62.6 Å². The number of aryl methyl sites for hydroxylation is 3. The zero-order valence-electron chi connectivity index (χ0n) is 17.9. The Morgan fingerprint density at radius 1 is 1.25 bits per heavy atom. The van der Waals surface area contributed by atoms with Crippen LogP contribution in [0.15, 0.2) is 34.2 Å². The summed E-state index contributed by atoms with van der Waals surface area (Å²) in [5.41, 5.74) is 2.19. The molecule has 0 saturated heterocycles. The Balaban J connectivity index is 1.51. The number of nitrogens with zero attached hydrogens (tertiary/aromatic N) is 3. The maximum Gasteiger partial charge on any atom is 0.267 e. The van der Waals surface area contributed by atoms with Gasteiger partial charge in [0.15, 0.2) is 5.16 Å². The Morgan fingerprint density at radius 3 is 2.72 bits per heavy atom. The van der Waals surface area contributed by atoms with Gasteiger partial charge in [-0.25, -0.2) is 4.98 Å². The molecule has 0 aliphatic heterocycles. The van der Waals surface area contributed by atoms with E-state index in [0.29, 0.717) is 18.0 Å². The molecule has 0 spiro atoms. The first kappa shape index (κ1) is 21.2. The highest BCUT2D eigenvalue weighted by Crippen LogP contribution is 2.36. The second-order valence-electron chi connectivity index (χ2n) is 8.65. The van der Waals surface area contributed by atoms with E-state index in [4.69, 9.17) is 4.98 Å². The lowest BCUT2D eigenvalue weighted by molar-refractivity contribution is -0.119. The fraction of sp³-hybridized carbons (Fsp3) is 0.417. The van der Waals surface area contributed by atoms with Crippen molar-refractivity contribution >= 4 is 39.2 Å². The van der Waals surface area contributed by atoms with Crippen molar-refractivity contribution in [2.24, 2.45) is 0 Å². The standard InChI is InChI=1S/C24H24N4O2S2/c1-15-7-9-16(10-8-15)28-22(30)20-17-5-4-6-18(17)32-21(20)26-23(28)31-13-19(29)27-24(14-25)11-2-3-12-24/h7-10H,2-6,11-13H2,1H3,(H,27,29). The van der Waals surface area contributed by atoms with Crippen LogP contribution in [-0.2, 0) is 17.6 Å². The van der Waals surface area contributed by atoms with E-state index in [9.17, 15) is 14.9 Å². The van der Waals surface area contributed by atoms with Crippen LogP contribution in [-0.4, -0.2) is 26.8 Å². The molecule has 2 aliphatic rings. The Labute approximate surface area is 194 Å². The molecule has 164 valence electrons. The molecule has 1 amide bonds. The molecule has 6 nitrogen and oxygen atoms in total. The van der Waals surface area contributed by atoms with E-state index in [1.165, 1.54) is 16.6 Å². The molecule has 5 rings (SSSR count). The van der Waals surface area contributed by atoms with Gasteiger partial charge in [-0.05, 0) is 69.6 Å². The van der Waals surface area contributed by atoms with Gasteiger partial charge in [0.25, 0.3) is 5.56 Å². The third kappa shape index (κ3) is 3.74. The van der Waals surface area contributed by atoms with E-state index >= 15 is 0 Å². The van der Waals surface area contributed by atoms with Crippen LogP contribution in [0, 0.1) is 18.3 Å². The number of fused-ring (bicyclic) bond motifs is 3. The van der Waals surface area contributed by atoms with Crippen molar-refractivity contribution in [3.8, 4) is 11.8 Å². The van der Waals surface area contributed by atoms with E-state index in [2.05, 4.69) is 11.4 Å². The van der Waals surface area contributed by atoms with E-state index in [0.717, 1.165) is 59.1 Å². The number of carbonyl (C=O) groups excluding carboxylic acids is 1. The quantitative estimate of drug-likeness (QED) is 0.450. The molecule has 1 fully saturated rings. The number of thiophene rings is 1. The van der Waals surface area contributed by atoms with Crippen LogP contribution in [0.3, 0.4) is 0 Å². The number of benzene rings is 1. The minimum absolute atomic E-state index is 0.0644. The predicted octanol–water partition coefficient (Wildman–Crippen LogP) is 4.29. The molecule has 0 radical (unpaired) electrons. The molecule has 2 aromatic heterocycles. The summed E-state index contributed by atoms with van der Waals surface area (Å²) < 4.78 is 1.64. The maximum atomic E-state index is 13.6. The summed E-state index contributed by atoms with van der Waals surface area (Å²) in [5, 5.41) is 13.7. The molecule has 8 heteroatoms. The highest BCUT2D eigenvalue weighted by Gasteiger charge is 2.35. The van der Waals surface area contributed by atoms with Crippen LogP contribution >= 0.6 is 23.1 Å². The lowest BCUT2D eigenvalue weighted by atomic mass is 10.0. The summed E-state index contributed by atoms with van der Waals surface area (Å²) in [4.78, 5) is 33.2. The number of rotatable bonds is 5. The molecule has 1 N–H and O–H groups in total. The molecular weight excluding hydrogens is 440 g/mol. The third-order valence-electron chi connectivity index (χ3n) is 6.38.